The Labute approximate surface area is 208 Å². The van der Waals surface area contributed by atoms with Gasteiger partial charge in [-0.3, -0.25) is 14.7 Å². The lowest BCUT2D eigenvalue weighted by atomic mass is 10.0. The summed E-state index contributed by atoms with van der Waals surface area (Å²) in [6.45, 7) is 14.0. The van der Waals surface area contributed by atoms with Gasteiger partial charge in [-0.2, -0.15) is 0 Å². The van der Waals surface area contributed by atoms with Crippen LogP contribution in [0.5, 0.6) is 0 Å². The van der Waals surface area contributed by atoms with Gasteiger partial charge < -0.3 is 15.4 Å². The quantitative estimate of drug-likeness (QED) is 0.491. The third-order valence-corrected chi connectivity index (χ3v) is 7.11. The standard InChI is InChI=1S/C22H27N5O3S2.C2H6/c1-13(28)25-19-18(20-26-15-11-23-7-5-16(15)31-20)14-6-9-27(12-17(14)32-19)10-8-24-21(29)30-22(2,3)4;1-2/h5,7,11H,6,8-10,12H2,1-4H3,(H,24,29)(H,25,28);1-2H3. The van der Waals surface area contributed by atoms with Crippen LogP contribution in [0.4, 0.5) is 9.80 Å². The summed E-state index contributed by atoms with van der Waals surface area (Å²) in [5.41, 5.74) is 2.65. The van der Waals surface area contributed by atoms with Crippen molar-refractivity contribution >= 4 is 49.9 Å². The molecule has 184 valence electrons. The summed E-state index contributed by atoms with van der Waals surface area (Å²) in [6, 6.07) is 1.97. The van der Waals surface area contributed by atoms with Crippen molar-refractivity contribution in [3.63, 3.8) is 0 Å². The maximum atomic E-state index is 11.9. The monoisotopic (exact) mass is 503 g/mol. The van der Waals surface area contributed by atoms with E-state index in [2.05, 4.69) is 20.5 Å². The number of carbonyl (C=O) groups excluding carboxylic acids is 2. The molecule has 1 aliphatic rings. The minimum Gasteiger partial charge on any atom is -0.444 e. The number of amides is 2. The van der Waals surface area contributed by atoms with Crippen LogP contribution in [-0.4, -0.2) is 52.1 Å². The summed E-state index contributed by atoms with van der Waals surface area (Å²) in [6.07, 6.45) is 4.00. The van der Waals surface area contributed by atoms with E-state index in [1.165, 1.54) is 17.4 Å². The zero-order valence-electron chi connectivity index (χ0n) is 20.7. The Bertz CT molecular complexity index is 1120. The van der Waals surface area contributed by atoms with Crippen LogP contribution in [0.25, 0.3) is 20.8 Å². The lowest BCUT2D eigenvalue weighted by Crippen LogP contribution is -2.39. The van der Waals surface area contributed by atoms with Crippen LogP contribution < -0.4 is 10.6 Å². The highest BCUT2D eigenvalue weighted by Gasteiger charge is 2.27. The molecule has 0 aliphatic carbocycles. The molecule has 0 radical (unpaired) electrons. The van der Waals surface area contributed by atoms with Gasteiger partial charge in [-0.25, -0.2) is 9.78 Å². The highest BCUT2D eigenvalue weighted by atomic mass is 32.1. The normalized spacial score (nSPS) is 13.6. The highest BCUT2D eigenvalue weighted by molar-refractivity contribution is 7.22. The van der Waals surface area contributed by atoms with Crippen molar-refractivity contribution in [1.29, 1.82) is 0 Å². The number of hydrogen-bond donors (Lipinski definition) is 2. The van der Waals surface area contributed by atoms with Gasteiger partial charge in [0.2, 0.25) is 5.91 Å². The van der Waals surface area contributed by atoms with Gasteiger partial charge in [0.1, 0.15) is 21.1 Å². The summed E-state index contributed by atoms with van der Waals surface area (Å²) in [7, 11) is 0. The molecule has 10 heteroatoms. The number of fused-ring (bicyclic) bond motifs is 2. The van der Waals surface area contributed by atoms with Gasteiger partial charge in [0, 0.05) is 49.7 Å². The first-order valence-electron chi connectivity index (χ1n) is 11.5. The fraction of sp³-hybridized carbons (Fsp3) is 0.500. The van der Waals surface area contributed by atoms with Crippen LogP contribution in [0.2, 0.25) is 0 Å². The van der Waals surface area contributed by atoms with E-state index >= 15 is 0 Å². The predicted molar refractivity (Wildman–Crippen MR) is 140 cm³/mol. The number of alkyl carbamates (subject to hydrolysis) is 1. The second-order valence-corrected chi connectivity index (χ2v) is 10.8. The minimum atomic E-state index is -0.506. The van der Waals surface area contributed by atoms with Crippen molar-refractivity contribution in [3.05, 3.63) is 28.9 Å². The third-order valence-electron chi connectivity index (χ3n) is 4.93. The summed E-state index contributed by atoms with van der Waals surface area (Å²) >= 11 is 3.23. The minimum absolute atomic E-state index is 0.0916. The van der Waals surface area contributed by atoms with Crippen LogP contribution in [0.1, 0.15) is 52.0 Å². The Hall–Kier alpha value is -2.56. The molecule has 0 bridgehead atoms. The molecule has 2 N–H and O–H groups in total. The Morgan fingerprint density at radius 1 is 1.24 bits per heavy atom. The molecule has 1 aliphatic heterocycles. The van der Waals surface area contributed by atoms with E-state index in [1.54, 1.807) is 35.1 Å². The second kappa shape index (κ2) is 11.2. The molecule has 3 aromatic rings. The highest BCUT2D eigenvalue weighted by Crippen LogP contribution is 2.45. The smallest absolute Gasteiger partial charge is 0.407 e. The lowest BCUT2D eigenvalue weighted by Gasteiger charge is -2.27. The number of aromatic nitrogens is 2. The SMILES string of the molecule is CC.CC(=O)Nc1sc2c(c1-c1nc3cnccc3s1)CCN(CCNC(=O)OC(C)(C)C)C2. The van der Waals surface area contributed by atoms with E-state index < -0.39 is 11.7 Å². The number of thiazole rings is 1. The van der Waals surface area contributed by atoms with Crippen molar-refractivity contribution < 1.29 is 14.3 Å². The Balaban J connectivity index is 0.00000158. The Kier molecular flexibility index (Phi) is 8.62. The second-order valence-electron chi connectivity index (χ2n) is 8.71. The van der Waals surface area contributed by atoms with Gasteiger partial charge in [-0.1, -0.05) is 13.8 Å². The van der Waals surface area contributed by atoms with Crippen molar-refractivity contribution in [2.75, 3.05) is 25.0 Å². The molecule has 0 spiro atoms. The van der Waals surface area contributed by atoms with Crippen LogP contribution in [0.15, 0.2) is 18.5 Å². The van der Waals surface area contributed by atoms with Crippen molar-refractivity contribution in [2.24, 2.45) is 0 Å². The molecule has 0 atom stereocenters. The average molecular weight is 504 g/mol. The van der Waals surface area contributed by atoms with E-state index in [-0.39, 0.29) is 5.91 Å². The first-order valence-corrected chi connectivity index (χ1v) is 13.1. The van der Waals surface area contributed by atoms with Gasteiger partial charge >= 0.3 is 6.09 Å². The number of hydrogen-bond acceptors (Lipinski definition) is 8. The van der Waals surface area contributed by atoms with Crippen molar-refractivity contribution in [2.45, 2.75) is 60.1 Å². The van der Waals surface area contributed by atoms with Crippen LogP contribution in [0.3, 0.4) is 0 Å². The van der Waals surface area contributed by atoms with Crippen LogP contribution in [-0.2, 0) is 22.5 Å². The number of pyridine rings is 1. The molecule has 8 nitrogen and oxygen atoms in total. The summed E-state index contributed by atoms with van der Waals surface area (Å²) in [4.78, 5) is 36.2. The van der Waals surface area contributed by atoms with Crippen LogP contribution in [0, 0.1) is 0 Å². The van der Waals surface area contributed by atoms with Crippen LogP contribution >= 0.6 is 22.7 Å². The molecule has 0 unspecified atom stereocenters. The molecular weight excluding hydrogens is 470 g/mol. The molecule has 4 rings (SSSR count). The number of nitrogens with zero attached hydrogens (tertiary/aromatic N) is 3. The number of anilines is 1. The Morgan fingerprint density at radius 3 is 2.68 bits per heavy atom. The molecule has 0 fully saturated rings. The molecule has 4 heterocycles. The topological polar surface area (TPSA) is 96.5 Å². The van der Waals surface area contributed by atoms with Gasteiger partial charge in [0.05, 0.1) is 10.9 Å². The molecule has 0 aromatic carbocycles. The largest absolute Gasteiger partial charge is 0.444 e. The summed E-state index contributed by atoms with van der Waals surface area (Å²) < 4.78 is 6.37. The average Bonchev–Trinajstić information content (AvgIpc) is 3.33. The number of nitrogens with one attached hydrogen (secondary N) is 2. The van der Waals surface area contributed by atoms with Crippen molar-refractivity contribution in [3.8, 4) is 10.6 Å². The van der Waals surface area contributed by atoms with E-state index in [4.69, 9.17) is 9.72 Å². The van der Waals surface area contributed by atoms with E-state index in [0.29, 0.717) is 6.54 Å². The van der Waals surface area contributed by atoms with Crippen molar-refractivity contribution in [1.82, 2.24) is 20.2 Å². The molecule has 0 saturated heterocycles. The van der Waals surface area contributed by atoms with Gasteiger partial charge in [0.15, 0.2) is 0 Å². The third kappa shape index (κ3) is 6.52. The zero-order chi connectivity index (χ0) is 24.9. The number of thiophene rings is 1. The molecule has 2 amide bonds. The van der Waals surface area contributed by atoms with Gasteiger partial charge in [-0.15, -0.1) is 22.7 Å². The predicted octanol–water partition coefficient (Wildman–Crippen LogP) is 5.29. The number of rotatable bonds is 5. The first kappa shape index (κ1) is 26.1. The van der Waals surface area contributed by atoms with E-state index in [0.717, 1.165) is 51.8 Å². The fourth-order valence-corrected chi connectivity index (χ4v) is 6.05. The van der Waals surface area contributed by atoms with Gasteiger partial charge in [0.25, 0.3) is 0 Å². The summed E-state index contributed by atoms with van der Waals surface area (Å²) in [5.74, 6) is -0.0916. The van der Waals surface area contributed by atoms with E-state index in [9.17, 15) is 9.59 Å². The molecule has 3 aromatic heterocycles. The number of carbonyl (C=O) groups is 2. The Morgan fingerprint density at radius 2 is 2.00 bits per heavy atom. The summed E-state index contributed by atoms with van der Waals surface area (Å²) in [5, 5.41) is 7.59. The lowest BCUT2D eigenvalue weighted by molar-refractivity contribution is -0.114. The van der Waals surface area contributed by atoms with E-state index in [1.807, 2.05) is 40.7 Å². The molecule has 0 saturated carbocycles. The zero-order valence-corrected chi connectivity index (χ0v) is 22.3. The molecule has 34 heavy (non-hydrogen) atoms. The first-order chi connectivity index (χ1) is 16.2. The van der Waals surface area contributed by atoms with Gasteiger partial charge in [-0.05, 0) is 38.8 Å². The number of ether oxygens (including phenoxy) is 1. The maximum Gasteiger partial charge on any atom is 0.407 e. The molecular formula is C24H33N5O3S2. The fourth-order valence-electron chi connectivity index (χ4n) is 3.64. The maximum absolute atomic E-state index is 11.9.